The average Bonchev–Trinajstić information content (AvgIpc) is 2.21. The van der Waals surface area contributed by atoms with Gasteiger partial charge in [0.05, 0.1) is 11.7 Å². The van der Waals surface area contributed by atoms with Crippen molar-refractivity contribution in [1.29, 1.82) is 0 Å². The van der Waals surface area contributed by atoms with Crippen LogP contribution >= 0.6 is 0 Å². The lowest BCUT2D eigenvalue weighted by atomic mass is 9.85. The van der Waals surface area contributed by atoms with Crippen LogP contribution < -0.4 is 0 Å². The van der Waals surface area contributed by atoms with Crippen LogP contribution in [0.2, 0.25) is 0 Å². The fourth-order valence-electron chi connectivity index (χ4n) is 2.51. The van der Waals surface area contributed by atoms with Gasteiger partial charge in [0.2, 0.25) is 0 Å². The van der Waals surface area contributed by atoms with Gasteiger partial charge in [0.15, 0.2) is 5.79 Å². The summed E-state index contributed by atoms with van der Waals surface area (Å²) < 4.78 is 12.8. The van der Waals surface area contributed by atoms with E-state index in [2.05, 4.69) is 62.3 Å². The molecule has 0 aromatic carbocycles. The Balaban J connectivity index is 5.16. The first-order chi connectivity index (χ1) is 8.47. The van der Waals surface area contributed by atoms with Crippen LogP contribution in [0, 0.1) is 5.41 Å². The Kier molecular flexibility index (Phi) is 7.05. The van der Waals surface area contributed by atoms with E-state index in [1.54, 1.807) is 0 Å². The third-order valence-corrected chi connectivity index (χ3v) is 3.12. The molecule has 0 saturated heterocycles. The lowest BCUT2D eigenvalue weighted by Gasteiger charge is -2.44. The van der Waals surface area contributed by atoms with Crippen LogP contribution in [0.4, 0.5) is 0 Å². The minimum atomic E-state index is -0.465. The molecular weight excluding hydrogens is 236 g/mol. The van der Waals surface area contributed by atoms with Gasteiger partial charge in [0, 0.05) is 6.42 Å². The van der Waals surface area contributed by atoms with Gasteiger partial charge in [0.1, 0.15) is 0 Å². The molecule has 0 N–H and O–H groups in total. The Morgan fingerprint density at radius 2 is 1.32 bits per heavy atom. The summed E-state index contributed by atoms with van der Waals surface area (Å²) in [4.78, 5) is 0. The topological polar surface area (TPSA) is 18.5 Å². The average molecular weight is 272 g/mol. The molecule has 0 bridgehead atoms. The molecule has 116 valence electrons. The molecule has 1 unspecified atom stereocenters. The van der Waals surface area contributed by atoms with Crippen LogP contribution in [0.3, 0.4) is 0 Å². The van der Waals surface area contributed by atoms with E-state index in [-0.39, 0.29) is 17.1 Å². The Labute approximate surface area is 121 Å². The summed E-state index contributed by atoms with van der Waals surface area (Å²) in [5, 5.41) is 0. The van der Waals surface area contributed by atoms with E-state index in [9.17, 15) is 0 Å². The normalized spacial score (nSPS) is 16.7. The van der Waals surface area contributed by atoms with Gasteiger partial charge in [-0.3, -0.25) is 0 Å². The summed E-state index contributed by atoms with van der Waals surface area (Å²) in [5.41, 5.74) is 0.000581. The lowest BCUT2D eigenvalue weighted by molar-refractivity contribution is -0.308. The Hall–Kier alpha value is -0.0800. The highest BCUT2D eigenvalue weighted by Gasteiger charge is 2.39. The molecule has 0 heterocycles. The zero-order valence-electron chi connectivity index (χ0n) is 14.7. The van der Waals surface area contributed by atoms with E-state index in [1.165, 1.54) is 0 Å². The molecule has 0 aliphatic rings. The van der Waals surface area contributed by atoms with Crippen molar-refractivity contribution in [2.24, 2.45) is 5.41 Å². The third-order valence-electron chi connectivity index (χ3n) is 3.12. The first kappa shape index (κ1) is 18.9. The molecule has 0 rings (SSSR count). The highest BCUT2D eigenvalue weighted by atomic mass is 16.7. The zero-order chi connectivity index (χ0) is 15.3. The molecule has 0 amide bonds. The predicted molar refractivity (Wildman–Crippen MR) is 83.4 cm³/mol. The molecule has 0 radical (unpaired) electrons. The largest absolute Gasteiger partial charge is 0.347 e. The number of rotatable bonds is 7. The summed E-state index contributed by atoms with van der Waals surface area (Å²) >= 11 is 0. The van der Waals surface area contributed by atoms with Crippen molar-refractivity contribution in [2.75, 3.05) is 0 Å². The quantitative estimate of drug-likeness (QED) is 0.566. The van der Waals surface area contributed by atoms with Crippen molar-refractivity contribution >= 4 is 0 Å². The van der Waals surface area contributed by atoms with Gasteiger partial charge < -0.3 is 9.47 Å². The van der Waals surface area contributed by atoms with E-state index in [1.807, 2.05) is 0 Å². The van der Waals surface area contributed by atoms with Crippen LogP contribution in [0.15, 0.2) is 0 Å². The SMILES string of the molecule is CCC(CC)OC(CC)(CC(C)(C)C)OC(C)(C)C. The molecule has 2 heteroatoms. The molecule has 0 fully saturated rings. The highest BCUT2D eigenvalue weighted by Crippen LogP contribution is 2.38. The lowest BCUT2D eigenvalue weighted by Crippen LogP contribution is -2.46. The van der Waals surface area contributed by atoms with E-state index >= 15 is 0 Å². The summed E-state index contributed by atoms with van der Waals surface area (Å²) in [5.74, 6) is -0.465. The van der Waals surface area contributed by atoms with E-state index < -0.39 is 5.79 Å². The molecule has 0 spiro atoms. The Morgan fingerprint density at radius 3 is 1.58 bits per heavy atom. The van der Waals surface area contributed by atoms with Crippen molar-refractivity contribution in [2.45, 2.75) is 105 Å². The van der Waals surface area contributed by atoms with E-state index in [0.717, 1.165) is 25.7 Å². The first-order valence-electron chi connectivity index (χ1n) is 7.85. The smallest absolute Gasteiger partial charge is 0.169 e. The van der Waals surface area contributed by atoms with Crippen LogP contribution in [0.5, 0.6) is 0 Å². The highest BCUT2D eigenvalue weighted by molar-refractivity contribution is 4.81. The summed E-state index contributed by atoms with van der Waals surface area (Å²) in [6.07, 6.45) is 4.17. The summed E-state index contributed by atoms with van der Waals surface area (Å²) in [7, 11) is 0. The Morgan fingerprint density at radius 1 is 0.842 bits per heavy atom. The number of hydrogen-bond donors (Lipinski definition) is 0. The fraction of sp³-hybridized carbons (Fsp3) is 1.00. The van der Waals surface area contributed by atoms with Crippen molar-refractivity contribution in [3.63, 3.8) is 0 Å². The van der Waals surface area contributed by atoms with Gasteiger partial charge in [-0.05, 0) is 45.4 Å². The second-order valence-electron chi connectivity index (χ2n) is 7.77. The minimum Gasteiger partial charge on any atom is -0.347 e. The van der Waals surface area contributed by atoms with Gasteiger partial charge in [-0.15, -0.1) is 0 Å². The maximum atomic E-state index is 6.42. The maximum Gasteiger partial charge on any atom is 0.169 e. The molecule has 2 nitrogen and oxygen atoms in total. The van der Waals surface area contributed by atoms with Crippen molar-refractivity contribution in [1.82, 2.24) is 0 Å². The van der Waals surface area contributed by atoms with Gasteiger partial charge in [-0.25, -0.2) is 0 Å². The molecule has 0 aromatic rings. The van der Waals surface area contributed by atoms with Gasteiger partial charge >= 0.3 is 0 Å². The van der Waals surface area contributed by atoms with Crippen LogP contribution in [-0.2, 0) is 9.47 Å². The van der Waals surface area contributed by atoms with Gasteiger partial charge in [-0.1, -0.05) is 41.5 Å². The molecule has 0 saturated carbocycles. The third kappa shape index (κ3) is 7.94. The second kappa shape index (κ2) is 7.08. The number of ether oxygens (including phenoxy) is 2. The predicted octanol–water partition coefficient (Wildman–Crippen LogP) is 5.55. The summed E-state index contributed by atoms with van der Waals surface area (Å²) in [6.45, 7) is 19.6. The second-order valence-corrected chi connectivity index (χ2v) is 7.77. The van der Waals surface area contributed by atoms with Crippen LogP contribution in [0.1, 0.15) is 88.0 Å². The maximum absolute atomic E-state index is 6.42. The molecule has 0 aliphatic carbocycles. The standard InChI is InChI=1S/C17H36O2/c1-10-14(11-2)18-17(12-3,13-15(4,5)6)19-16(7,8)9/h14H,10-13H2,1-9H3. The fourth-order valence-corrected chi connectivity index (χ4v) is 2.51. The van der Waals surface area contributed by atoms with Gasteiger partial charge in [-0.2, -0.15) is 0 Å². The molecule has 19 heavy (non-hydrogen) atoms. The molecule has 0 aliphatic heterocycles. The van der Waals surface area contributed by atoms with Crippen LogP contribution in [-0.4, -0.2) is 17.5 Å². The molecule has 0 aromatic heterocycles. The monoisotopic (exact) mass is 272 g/mol. The Bertz CT molecular complexity index is 225. The van der Waals surface area contributed by atoms with Crippen molar-refractivity contribution in [3.05, 3.63) is 0 Å². The molecule has 1 atom stereocenters. The van der Waals surface area contributed by atoms with Crippen molar-refractivity contribution in [3.8, 4) is 0 Å². The summed E-state index contributed by atoms with van der Waals surface area (Å²) in [6, 6.07) is 0. The minimum absolute atomic E-state index is 0.187. The first-order valence-corrected chi connectivity index (χ1v) is 7.85. The van der Waals surface area contributed by atoms with Gasteiger partial charge in [0.25, 0.3) is 0 Å². The van der Waals surface area contributed by atoms with E-state index in [4.69, 9.17) is 9.47 Å². The zero-order valence-corrected chi connectivity index (χ0v) is 14.7. The van der Waals surface area contributed by atoms with Crippen molar-refractivity contribution < 1.29 is 9.47 Å². The van der Waals surface area contributed by atoms with E-state index in [0.29, 0.717) is 0 Å². The molecular formula is C17H36O2. The van der Waals surface area contributed by atoms with Crippen LogP contribution in [0.25, 0.3) is 0 Å². The number of hydrogen-bond acceptors (Lipinski definition) is 2.